The van der Waals surface area contributed by atoms with Crippen LogP contribution in [0.1, 0.15) is 38.2 Å². The van der Waals surface area contributed by atoms with E-state index in [2.05, 4.69) is 54.5 Å². The summed E-state index contributed by atoms with van der Waals surface area (Å²) in [7, 11) is 2.12. The van der Waals surface area contributed by atoms with E-state index in [-0.39, 0.29) is 5.54 Å². The SMILES string of the molecule is Cc1cccc(N(C)CCCC(C)(C#N)NC2CC2)c1. The molecule has 1 aliphatic carbocycles. The van der Waals surface area contributed by atoms with Crippen molar-refractivity contribution < 1.29 is 0 Å². The van der Waals surface area contributed by atoms with Crippen LogP contribution in [0.25, 0.3) is 0 Å². The number of hydrogen-bond donors (Lipinski definition) is 1. The second-order valence-electron chi connectivity index (χ2n) is 6.23. The van der Waals surface area contributed by atoms with Gasteiger partial charge >= 0.3 is 0 Å². The standard InChI is InChI=1S/C17H25N3/c1-14-6-4-7-16(12-14)20(3)11-5-10-17(2,13-18)19-15-8-9-15/h4,6-7,12,15,19H,5,8-11H2,1-3H3. The van der Waals surface area contributed by atoms with Gasteiger partial charge in [-0.25, -0.2) is 0 Å². The van der Waals surface area contributed by atoms with Gasteiger partial charge in [0.05, 0.1) is 6.07 Å². The van der Waals surface area contributed by atoms with E-state index in [4.69, 9.17) is 0 Å². The van der Waals surface area contributed by atoms with Gasteiger partial charge in [-0.1, -0.05) is 12.1 Å². The van der Waals surface area contributed by atoms with Crippen LogP contribution in [0.3, 0.4) is 0 Å². The smallest absolute Gasteiger partial charge is 0.104 e. The summed E-state index contributed by atoms with van der Waals surface area (Å²) in [6, 6.07) is 11.6. The van der Waals surface area contributed by atoms with Gasteiger partial charge in [0.25, 0.3) is 0 Å². The van der Waals surface area contributed by atoms with Gasteiger partial charge in [0, 0.05) is 25.3 Å². The molecule has 1 N–H and O–H groups in total. The third-order valence-corrected chi connectivity index (χ3v) is 3.96. The molecule has 1 atom stereocenters. The Balaban J connectivity index is 1.81. The Hall–Kier alpha value is -1.53. The third kappa shape index (κ3) is 4.25. The molecule has 1 aromatic rings. The second-order valence-corrected chi connectivity index (χ2v) is 6.23. The van der Waals surface area contributed by atoms with E-state index in [9.17, 15) is 5.26 Å². The van der Waals surface area contributed by atoms with Gasteiger partial charge in [0.2, 0.25) is 0 Å². The topological polar surface area (TPSA) is 39.1 Å². The molecule has 0 bridgehead atoms. The normalized spacial score (nSPS) is 17.3. The maximum atomic E-state index is 9.35. The molecule has 0 saturated heterocycles. The van der Waals surface area contributed by atoms with Crippen LogP contribution in [-0.2, 0) is 0 Å². The molecular weight excluding hydrogens is 246 g/mol. The highest BCUT2D eigenvalue weighted by Gasteiger charge is 2.31. The Kier molecular flexibility index (Phi) is 4.67. The zero-order valence-electron chi connectivity index (χ0n) is 12.8. The number of hydrogen-bond acceptors (Lipinski definition) is 3. The fraction of sp³-hybridized carbons (Fsp3) is 0.588. The summed E-state index contributed by atoms with van der Waals surface area (Å²) in [5, 5.41) is 12.8. The minimum atomic E-state index is -0.366. The summed E-state index contributed by atoms with van der Waals surface area (Å²) in [5.41, 5.74) is 2.17. The van der Waals surface area contributed by atoms with E-state index in [0.717, 1.165) is 19.4 Å². The van der Waals surface area contributed by atoms with E-state index in [1.54, 1.807) is 0 Å². The van der Waals surface area contributed by atoms with Crippen molar-refractivity contribution in [1.82, 2.24) is 5.32 Å². The summed E-state index contributed by atoms with van der Waals surface area (Å²) in [5.74, 6) is 0. The van der Waals surface area contributed by atoms with Crippen LogP contribution >= 0.6 is 0 Å². The summed E-state index contributed by atoms with van der Waals surface area (Å²) in [4.78, 5) is 2.27. The molecule has 1 unspecified atom stereocenters. The van der Waals surface area contributed by atoms with E-state index in [1.807, 2.05) is 6.92 Å². The lowest BCUT2D eigenvalue weighted by Gasteiger charge is -2.25. The zero-order chi connectivity index (χ0) is 14.6. The Morgan fingerprint density at radius 2 is 2.20 bits per heavy atom. The first-order valence-corrected chi connectivity index (χ1v) is 7.49. The van der Waals surface area contributed by atoms with E-state index >= 15 is 0 Å². The molecule has 0 aliphatic heterocycles. The third-order valence-electron chi connectivity index (χ3n) is 3.96. The van der Waals surface area contributed by atoms with Crippen molar-refractivity contribution in [3.05, 3.63) is 29.8 Å². The summed E-state index contributed by atoms with van der Waals surface area (Å²) >= 11 is 0. The van der Waals surface area contributed by atoms with Gasteiger partial charge in [-0.3, -0.25) is 5.32 Å². The van der Waals surface area contributed by atoms with Gasteiger partial charge in [0.15, 0.2) is 0 Å². The first-order chi connectivity index (χ1) is 9.52. The molecule has 3 heteroatoms. The largest absolute Gasteiger partial charge is 0.375 e. The minimum Gasteiger partial charge on any atom is -0.375 e. The van der Waals surface area contributed by atoms with Gasteiger partial charge in [-0.2, -0.15) is 5.26 Å². The Bertz CT molecular complexity index is 487. The lowest BCUT2D eigenvalue weighted by Crippen LogP contribution is -2.42. The fourth-order valence-corrected chi connectivity index (χ4v) is 2.50. The molecule has 1 aromatic carbocycles. The molecule has 1 fully saturated rings. The molecular formula is C17H25N3. The van der Waals surface area contributed by atoms with Crippen LogP contribution in [-0.4, -0.2) is 25.2 Å². The minimum absolute atomic E-state index is 0.366. The summed E-state index contributed by atoms with van der Waals surface area (Å²) in [6.45, 7) is 5.12. The first kappa shape index (κ1) is 14.9. The Morgan fingerprint density at radius 1 is 1.45 bits per heavy atom. The molecule has 1 aliphatic rings. The lowest BCUT2D eigenvalue weighted by molar-refractivity contribution is 0.405. The van der Waals surface area contributed by atoms with Crippen LogP contribution in [0.4, 0.5) is 5.69 Å². The van der Waals surface area contributed by atoms with Crippen molar-refractivity contribution >= 4 is 5.69 Å². The number of aryl methyl sites for hydroxylation is 1. The molecule has 0 heterocycles. The average molecular weight is 271 g/mol. The fourth-order valence-electron chi connectivity index (χ4n) is 2.50. The molecule has 3 nitrogen and oxygen atoms in total. The number of nitrogens with one attached hydrogen (secondary N) is 1. The van der Waals surface area contributed by atoms with Crippen molar-refractivity contribution in [1.29, 1.82) is 5.26 Å². The predicted molar refractivity (Wildman–Crippen MR) is 83.9 cm³/mol. The molecule has 0 amide bonds. The van der Waals surface area contributed by atoms with Gasteiger partial charge < -0.3 is 4.90 Å². The molecule has 108 valence electrons. The monoisotopic (exact) mass is 271 g/mol. The number of nitriles is 1. The van der Waals surface area contributed by atoms with Gasteiger partial charge in [-0.15, -0.1) is 0 Å². The quantitative estimate of drug-likeness (QED) is 0.827. The van der Waals surface area contributed by atoms with Crippen LogP contribution in [0.15, 0.2) is 24.3 Å². The molecule has 1 saturated carbocycles. The highest BCUT2D eigenvalue weighted by molar-refractivity contribution is 5.47. The number of anilines is 1. The van der Waals surface area contributed by atoms with Crippen LogP contribution in [0.2, 0.25) is 0 Å². The van der Waals surface area contributed by atoms with Crippen molar-refractivity contribution in [2.24, 2.45) is 0 Å². The highest BCUT2D eigenvalue weighted by atomic mass is 15.1. The number of rotatable bonds is 7. The number of benzene rings is 1. The molecule has 2 rings (SSSR count). The first-order valence-electron chi connectivity index (χ1n) is 7.49. The van der Waals surface area contributed by atoms with Crippen molar-refractivity contribution in [2.75, 3.05) is 18.5 Å². The summed E-state index contributed by atoms with van der Waals surface area (Å²) < 4.78 is 0. The molecule has 0 aromatic heterocycles. The maximum absolute atomic E-state index is 9.35. The van der Waals surface area contributed by atoms with E-state index in [1.165, 1.54) is 24.1 Å². The molecule has 0 spiro atoms. The van der Waals surface area contributed by atoms with Crippen molar-refractivity contribution in [3.8, 4) is 6.07 Å². The number of nitrogens with zero attached hydrogens (tertiary/aromatic N) is 2. The predicted octanol–water partition coefficient (Wildman–Crippen LogP) is 3.25. The molecule has 20 heavy (non-hydrogen) atoms. The maximum Gasteiger partial charge on any atom is 0.104 e. The second kappa shape index (κ2) is 6.28. The average Bonchev–Trinajstić information content (AvgIpc) is 3.22. The Morgan fingerprint density at radius 3 is 2.80 bits per heavy atom. The lowest BCUT2D eigenvalue weighted by atomic mass is 9.97. The zero-order valence-corrected chi connectivity index (χ0v) is 12.8. The van der Waals surface area contributed by atoms with Crippen molar-refractivity contribution in [2.45, 2.75) is 51.1 Å². The van der Waals surface area contributed by atoms with Crippen molar-refractivity contribution in [3.63, 3.8) is 0 Å². The van der Waals surface area contributed by atoms with Crippen LogP contribution in [0.5, 0.6) is 0 Å². The van der Waals surface area contributed by atoms with E-state index in [0.29, 0.717) is 6.04 Å². The van der Waals surface area contributed by atoms with Gasteiger partial charge in [-0.05, 0) is 57.2 Å². The molecule has 0 radical (unpaired) electrons. The van der Waals surface area contributed by atoms with Crippen LogP contribution < -0.4 is 10.2 Å². The summed E-state index contributed by atoms with van der Waals surface area (Å²) in [6.07, 6.45) is 4.37. The van der Waals surface area contributed by atoms with Crippen LogP contribution in [0, 0.1) is 18.3 Å². The highest BCUT2D eigenvalue weighted by Crippen LogP contribution is 2.24. The van der Waals surface area contributed by atoms with E-state index < -0.39 is 0 Å². The Labute approximate surface area is 122 Å². The van der Waals surface area contributed by atoms with Gasteiger partial charge in [0.1, 0.15) is 5.54 Å².